The van der Waals surface area contributed by atoms with Crippen LogP contribution in [0.4, 0.5) is 10.1 Å². The number of rotatable bonds is 2. The second kappa shape index (κ2) is 4.35. The molecule has 1 aromatic rings. The van der Waals surface area contributed by atoms with Gasteiger partial charge in [-0.05, 0) is 22.0 Å². The van der Waals surface area contributed by atoms with E-state index >= 15 is 0 Å². The molecule has 0 saturated carbocycles. The van der Waals surface area contributed by atoms with Gasteiger partial charge in [0.25, 0.3) is 0 Å². The normalized spacial score (nSPS) is 9.80. The van der Waals surface area contributed by atoms with Crippen molar-refractivity contribution >= 4 is 27.6 Å². The van der Waals surface area contributed by atoms with Crippen molar-refractivity contribution in [3.8, 4) is 0 Å². The molecule has 15 heavy (non-hydrogen) atoms. The molecule has 0 aromatic heterocycles. The van der Waals surface area contributed by atoms with Crippen LogP contribution in [0.15, 0.2) is 16.6 Å². The van der Waals surface area contributed by atoms with Crippen LogP contribution in [0.1, 0.15) is 10.4 Å². The van der Waals surface area contributed by atoms with Crippen LogP contribution in [-0.4, -0.2) is 18.0 Å². The minimum Gasteiger partial charge on any atom is -0.465 e. The Morgan fingerprint density at radius 1 is 1.60 bits per heavy atom. The summed E-state index contributed by atoms with van der Waals surface area (Å²) in [5.74, 6) is -2.18. The highest BCUT2D eigenvalue weighted by Gasteiger charge is 2.25. The molecule has 5 nitrogen and oxygen atoms in total. The molecule has 0 spiro atoms. The predicted octanol–water partition coefficient (Wildman–Crippen LogP) is 2.28. The standard InChI is InChI=1S/C8H5BrFNO4/c1-15-8(12)6-4(9)2-3-5(7(6)10)11(13)14/h2-3H,1H3. The van der Waals surface area contributed by atoms with Gasteiger partial charge in [0.1, 0.15) is 5.56 Å². The van der Waals surface area contributed by atoms with Crippen molar-refractivity contribution in [2.45, 2.75) is 0 Å². The maximum atomic E-state index is 13.4. The molecular weight excluding hydrogens is 273 g/mol. The monoisotopic (exact) mass is 277 g/mol. The summed E-state index contributed by atoms with van der Waals surface area (Å²) in [7, 11) is 1.06. The minimum absolute atomic E-state index is 0.109. The summed E-state index contributed by atoms with van der Waals surface area (Å²) in [6.07, 6.45) is 0. The van der Waals surface area contributed by atoms with Gasteiger partial charge >= 0.3 is 11.7 Å². The zero-order valence-electron chi connectivity index (χ0n) is 7.49. The van der Waals surface area contributed by atoms with Gasteiger partial charge in [0.05, 0.1) is 12.0 Å². The first-order valence-electron chi connectivity index (χ1n) is 3.69. The lowest BCUT2D eigenvalue weighted by Crippen LogP contribution is -2.07. The van der Waals surface area contributed by atoms with Crippen LogP contribution in [0.2, 0.25) is 0 Å². The van der Waals surface area contributed by atoms with Crippen molar-refractivity contribution in [1.29, 1.82) is 0 Å². The smallest absolute Gasteiger partial charge is 0.342 e. The quantitative estimate of drug-likeness (QED) is 0.472. The van der Waals surface area contributed by atoms with E-state index in [9.17, 15) is 19.3 Å². The Hall–Kier alpha value is -1.50. The van der Waals surface area contributed by atoms with Crippen molar-refractivity contribution in [2.24, 2.45) is 0 Å². The molecular formula is C8H5BrFNO4. The highest BCUT2D eigenvalue weighted by molar-refractivity contribution is 9.10. The highest BCUT2D eigenvalue weighted by atomic mass is 79.9. The van der Waals surface area contributed by atoms with E-state index in [4.69, 9.17) is 0 Å². The number of benzene rings is 1. The largest absolute Gasteiger partial charge is 0.465 e. The number of nitro groups is 1. The third-order valence-corrected chi connectivity index (χ3v) is 2.32. The summed E-state index contributed by atoms with van der Waals surface area (Å²) >= 11 is 2.91. The first-order chi connectivity index (χ1) is 6.99. The molecule has 0 amide bonds. The Kier molecular flexibility index (Phi) is 3.35. The van der Waals surface area contributed by atoms with Gasteiger partial charge in [-0.3, -0.25) is 10.1 Å². The average Bonchev–Trinajstić information content (AvgIpc) is 2.16. The molecule has 0 saturated heterocycles. The van der Waals surface area contributed by atoms with Gasteiger partial charge in [-0.15, -0.1) is 0 Å². The second-order valence-corrected chi connectivity index (χ2v) is 3.36. The van der Waals surface area contributed by atoms with Crippen molar-refractivity contribution in [3.05, 3.63) is 38.1 Å². The highest BCUT2D eigenvalue weighted by Crippen LogP contribution is 2.27. The lowest BCUT2D eigenvalue weighted by molar-refractivity contribution is -0.387. The Labute approximate surface area is 92.1 Å². The van der Waals surface area contributed by atoms with Gasteiger partial charge in [0, 0.05) is 10.5 Å². The number of nitrogens with zero attached hydrogens (tertiary/aromatic N) is 1. The Bertz CT molecular complexity index is 435. The zero-order chi connectivity index (χ0) is 11.6. The molecule has 0 N–H and O–H groups in total. The third-order valence-electron chi connectivity index (χ3n) is 1.66. The number of carbonyl (C=O) groups is 1. The number of esters is 1. The fourth-order valence-electron chi connectivity index (χ4n) is 0.972. The molecule has 7 heteroatoms. The zero-order valence-corrected chi connectivity index (χ0v) is 9.08. The number of hydrogen-bond acceptors (Lipinski definition) is 4. The first-order valence-corrected chi connectivity index (χ1v) is 4.49. The SMILES string of the molecule is COC(=O)c1c(Br)ccc([N+](=O)[O-])c1F. The summed E-state index contributed by atoms with van der Waals surface area (Å²) in [6.45, 7) is 0. The van der Waals surface area contributed by atoms with Gasteiger partial charge in [0.2, 0.25) is 5.82 Å². The van der Waals surface area contributed by atoms with Crippen molar-refractivity contribution in [1.82, 2.24) is 0 Å². The van der Waals surface area contributed by atoms with Gasteiger partial charge in [-0.1, -0.05) is 0 Å². The third kappa shape index (κ3) is 2.12. The fraction of sp³-hybridized carbons (Fsp3) is 0.125. The molecule has 0 unspecified atom stereocenters. The van der Waals surface area contributed by atoms with Gasteiger partial charge < -0.3 is 4.74 Å². The topological polar surface area (TPSA) is 69.4 Å². The number of methoxy groups -OCH3 is 1. The summed E-state index contributed by atoms with van der Waals surface area (Å²) in [4.78, 5) is 20.6. The van der Waals surface area contributed by atoms with Crippen LogP contribution >= 0.6 is 15.9 Å². The molecule has 0 fully saturated rings. The Morgan fingerprint density at radius 2 is 2.20 bits per heavy atom. The van der Waals surface area contributed by atoms with E-state index in [1.807, 2.05) is 0 Å². The molecule has 0 atom stereocenters. The first kappa shape index (κ1) is 11.6. The number of halogens is 2. The van der Waals surface area contributed by atoms with Gasteiger partial charge in [-0.2, -0.15) is 4.39 Å². The lowest BCUT2D eigenvalue weighted by Gasteiger charge is -2.03. The van der Waals surface area contributed by atoms with E-state index in [2.05, 4.69) is 20.7 Å². The summed E-state index contributed by atoms with van der Waals surface area (Å²) in [6, 6.07) is 2.18. The van der Waals surface area contributed by atoms with Crippen LogP contribution in [0, 0.1) is 15.9 Å². The van der Waals surface area contributed by atoms with Crippen LogP contribution in [0.5, 0.6) is 0 Å². The Balaban J connectivity index is 3.43. The van der Waals surface area contributed by atoms with Crippen LogP contribution in [0.3, 0.4) is 0 Å². The summed E-state index contributed by atoms with van der Waals surface area (Å²) < 4.78 is 17.9. The van der Waals surface area contributed by atoms with Crippen molar-refractivity contribution < 1.29 is 18.8 Å². The van der Waals surface area contributed by atoms with Crippen LogP contribution in [0.25, 0.3) is 0 Å². The number of carbonyl (C=O) groups excluding carboxylic acids is 1. The van der Waals surface area contributed by atoms with Crippen molar-refractivity contribution in [2.75, 3.05) is 7.11 Å². The average molecular weight is 278 g/mol. The van der Waals surface area contributed by atoms with E-state index in [1.165, 1.54) is 6.07 Å². The minimum atomic E-state index is -1.21. The molecule has 0 aliphatic rings. The Morgan fingerprint density at radius 3 is 2.67 bits per heavy atom. The van der Waals surface area contributed by atoms with E-state index in [0.717, 1.165) is 13.2 Å². The molecule has 1 aromatic carbocycles. The molecule has 0 heterocycles. The van der Waals surface area contributed by atoms with Crippen LogP contribution in [-0.2, 0) is 4.74 Å². The summed E-state index contributed by atoms with van der Waals surface area (Å²) in [5.41, 5.74) is -1.25. The fourth-order valence-corrected chi connectivity index (χ4v) is 1.44. The predicted molar refractivity (Wildman–Crippen MR) is 52.1 cm³/mol. The number of ether oxygens (including phenoxy) is 1. The van der Waals surface area contributed by atoms with Crippen LogP contribution < -0.4 is 0 Å². The second-order valence-electron chi connectivity index (χ2n) is 2.50. The van der Waals surface area contributed by atoms with E-state index in [1.54, 1.807) is 0 Å². The molecule has 0 aliphatic heterocycles. The summed E-state index contributed by atoms with van der Waals surface area (Å²) in [5, 5.41) is 10.4. The molecule has 0 bridgehead atoms. The van der Waals surface area contributed by atoms with E-state index < -0.39 is 28.0 Å². The maximum absolute atomic E-state index is 13.4. The number of nitro benzene ring substituents is 1. The van der Waals surface area contributed by atoms with E-state index in [-0.39, 0.29) is 4.47 Å². The number of hydrogen-bond donors (Lipinski definition) is 0. The molecule has 0 radical (unpaired) electrons. The maximum Gasteiger partial charge on any atom is 0.342 e. The molecule has 0 aliphatic carbocycles. The molecule has 80 valence electrons. The van der Waals surface area contributed by atoms with Gasteiger partial charge in [0.15, 0.2) is 0 Å². The lowest BCUT2D eigenvalue weighted by atomic mass is 10.2. The van der Waals surface area contributed by atoms with Crippen molar-refractivity contribution in [3.63, 3.8) is 0 Å². The van der Waals surface area contributed by atoms with Gasteiger partial charge in [-0.25, -0.2) is 4.79 Å². The molecule has 1 rings (SSSR count). The van der Waals surface area contributed by atoms with E-state index in [0.29, 0.717) is 0 Å².